The minimum Gasteiger partial charge on any atom is -0.452 e. The lowest BCUT2D eigenvalue weighted by atomic mass is 9.89. The van der Waals surface area contributed by atoms with Gasteiger partial charge in [0.15, 0.2) is 6.10 Å². The van der Waals surface area contributed by atoms with Gasteiger partial charge in [-0.2, -0.15) is 0 Å². The van der Waals surface area contributed by atoms with Crippen LogP contribution in [-0.2, 0) is 30.3 Å². The fourth-order valence-corrected chi connectivity index (χ4v) is 4.49. The zero-order chi connectivity index (χ0) is 32.3. The Hall–Kier alpha value is -4.05. The summed E-state index contributed by atoms with van der Waals surface area (Å²) in [6, 6.07) is 7.06. The number of amides is 3. The summed E-state index contributed by atoms with van der Waals surface area (Å²) >= 11 is 0. The van der Waals surface area contributed by atoms with Crippen LogP contribution in [0, 0.1) is 11.3 Å². The number of nitrogens with two attached hydrogens (primary N) is 1. The number of esters is 1. The number of fused-ring (bicyclic) bond motifs is 1. The van der Waals surface area contributed by atoms with Crippen molar-refractivity contribution in [1.82, 2.24) is 20.7 Å². The summed E-state index contributed by atoms with van der Waals surface area (Å²) in [6.07, 6.45) is 6.91. The third-order valence-electron chi connectivity index (χ3n) is 7.25. The Morgan fingerprint density at radius 3 is 2.47 bits per heavy atom. The number of benzene rings is 1. The fraction of sp³-hybridized carbons (Fsp3) is 0.485. The Morgan fingerprint density at radius 2 is 1.88 bits per heavy atom. The number of hydrogen-bond acceptors (Lipinski definition) is 7. The fourth-order valence-electron chi connectivity index (χ4n) is 4.49. The van der Waals surface area contributed by atoms with Crippen LogP contribution in [0.15, 0.2) is 49.7 Å². The quantitative estimate of drug-likeness (QED) is 0.263. The predicted octanol–water partition coefficient (Wildman–Crippen LogP) is 4.08. The average molecular weight is 594 g/mol. The highest BCUT2D eigenvalue weighted by Crippen LogP contribution is 2.25. The molecule has 1 aliphatic heterocycles. The number of rotatable bonds is 11. The van der Waals surface area contributed by atoms with Gasteiger partial charge in [0, 0.05) is 18.1 Å². The van der Waals surface area contributed by atoms with Gasteiger partial charge in [-0.3, -0.25) is 29.2 Å². The number of hydrogen-bond donors (Lipinski definition) is 3. The minimum atomic E-state index is -1.03. The van der Waals surface area contributed by atoms with E-state index in [0.717, 1.165) is 12.1 Å². The van der Waals surface area contributed by atoms with Gasteiger partial charge < -0.3 is 15.8 Å². The summed E-state index contributed by atoms with van der Waals surface area (Å²) in [7, 11) is 0. The summed E-state index contributed by atoms with van der Waals surface area (Å²) < 4.78 is 5.47. The van der Waals surface area contributed by atoms with Gasteiger partial charge in [-0.1, -0.05) is 51.6 Å². The summed E-state index contributed by atoms with van der Waals surface area (Å²) in [5, 5.41) is 6.34. The lowest BCUT2D eigenvalue weighted by molar-refractivity contribution is -0.167. The van der Waals surface area contributed by atoms with Crippen molar-refractivity contribution < 1.29 is 23.9 Å². The van der Waals surface area contributed by atoms with Crippen molar-refractivity contribution in [3.8, 4) is 0 Å². The second kappa shape index (κ2) is 16.0. The third-order valence-corrected chi connectivity index (χ3v) is 7.25. The van der Waals surface area contributed by atoms with Crippen molar-refractivity contribution in [2.75, 3.05) is 6.54 Å². The molecule has 10 nitrogen and oxygen atoms in total. The zero-order valence-corrected chi connectivity index (χ0v) is 26.3. The first kappa shape index (κ1) is 35.1. The van der Waals surface area contributed by atoms with Gasteiger partial charge in [0.1, 0.15) is 12.1 Å². The van der Waals surface area contributed by atoms with Crippen molar-refractivity contribution in [1.29, 1.82) is 0 Å². The number of nitrogens with zero attached hydrogens (tertiary/aromatic N) is 2. The molecule has 0 bridgehead atoms. The van der Waals surface area contributed by atoms with Gasteiger partial charge in [-0.05, 0) is 75.5 Å². The molecule has 234 valence electrons. The van der Waals surface area contributed by atoms with E-state index in [-0.39, 0.29) is 5.92 Å². The number of hydrazine groups is 1. The number of ether oxygens (including phenoxy) is 1. The highest BCUT2D eigenvalue weighted by molar-refractivity contribution is 5.91. The molecule has 0 saturated carbocycles. The highest BCUT2D eigenvalue weighted by atomic mass is 16.5. The molecular formula is C33H47N5O5. The number of primary amides is 1. The van der Waals surface area contributed by atoms with Crippen LogP contribution in [0.25, 0.3) is 16.8 Å². The van der Waals surface area contributed by atoms with Crippen molar-refractivity contribution in [3.05, 3.63) is 61.0 Å². The number of pyridine rings is 1. The van der Waals surface area contributed by atoms with E-state index < -0.39 is 47.3 Å². The van der Waals surface area contributed by atoms with Crippen LogP contribution in [-0.4, -0.2) is 58.4 Å². The normalized spacial score (nSPS) is 16.3. The van der Waals surface area contributed by atoms with E-state index in [0.29, 0.717) is 25.8 Å². The molecule has 0 aliphatic carbocycles. The lowest BCUT2D eigenvalue weighted by Crippen LogP contribution is -2.60. The van der Waals surface area contributed by atoms with Crippen molar-refractivity contribution in [2.45, 2.75) is 85.4 Å². The summed E-state index contributed by atoms with van der Waals surface area (Å²) in [6.45, 7) is 18.4. The molecule has 3 atom stereocenters. The average Bonchev–Trinajstić information content (AvgIpc) is 2.98. The largest absolute Gasteiger partial charge is 0.452 e. The van der Waals surface area contributed by atoms with Gasteiger partial charge in [0.2, 0.25) is 5.91 Å². The Balaban J connectivity index is 0.000000380. The number of carbonyl (C=O) groups excluding carboxylic acids is 4. The molecule has 2 aromatic rings. The van der Waals surface area contributed by atoms with Crippen LogP contribution in [0.4, 0.5) is 0 Å². The van der Waals surface area contributed by atoms with Gasteiger partial charge in [-0.15, -0.1) is 6.58 Å². The summed E-state index contributed by atoms with van der Waals surface area (Å²) in [4.78, 5) is 53.4. The maximum Gasteiger partial charge on any atom is 0.312 e. The summed E-state index contributed by atoms with van der Waals surface area (Å²) in [5.74, 6) is -2.27. The second-order valence-electron chi connectivity index (χ2n) is 11.7. The Morgan fingerprint density at radius 1 is 1.19 bits per heavy atom. The third kappa shape index (κ3) is 10.0. The molecule has 1 aromatic heterocycles. The van der Waals surface area contributed by atoms with Gasteiger partial charge >= 0.3 is 5.97 Å². The summed E-state index contributed by atoms with van der Waals surface area (Å²) in [5.41, 5.74) is 9.58. The van der Waals surface area contributed by atoms with Crippen molar-refractivity contribution in [3.63, 3.8) is 0 Å². The van der Waals surface area contributed by atoms with Crippen LogP contribution in [0.5, 0.6) is 0 Å². The molecule has 3 rings (SSSR count). The second-order valence-corrected chi connectivity index (χ2v) is 11.7. The van der Waals surface area contributed by atoms with Crippen LogP contribution >= 0.6 is 0 Å². The highest BCUT2D eigenvalue weighted by Gasteiger charge is 2.36. The smallest absolute Gasteiger partial charge is 0.312 e. The van der Waals surface area contributed by atoms with Crippen LogP contribution in [0.2, 0.25) is 0 Å². The van der Waals surface area contributed by atoms with E-state index in [1.807, 2.05) is 6.20 Å². The van der Waals surface area contributed by atoms with Gasteiger partial charge in [0.05, 0.1) is 11.1 Å². The Kier molecular flexibility index (Phi) is 13.1. The van der Waals surface area contributed by atoms with E-state index in [9.17, 15) is 19.2 Å². The molecule has 1 aliphatic rings. The van der Waals surface area contributed by atoms with Gasteiger partial charge in [0.25, 0.3) is 11.8 Å². The monoisotopic (exact) mass is 593 g/mol. The molecule has 0 spiro atoms. The topological polar surface area (TPSA) is 144 Å². The molecule has 1 fully saturated rings. The maximum atomic E-state index is 12.7. The molecule has 4 N–H and O–H groups in total. The molecule has 1 aromatic carbocycles. The first-order chi connectivity index (χ1) is 20.2. The van der Waals surface area contributed by atoms with Gasteiger partial charge in [-0.25, -0.2) is 5.43 Å². The molecule has 1 saturated heterocycles. The number of aromatic nitrogens is 1. The standard InChI is InChI=1S/C20H34N4O5.C13H13N/c1-7-10-20(5,6)19(28)29-15(12(2)3)17(26)22-13(4)18(27)24-11-8-9-14(23-24)16(21)25;1-3-10-5-6-11-9-14-13(4-2)8-12(11)7-10/h7,12-15,23H,1,8-11H2,2-6H3,(H2,21,25)(H,22,26);4-9H,2-3H2,1H3. The Bertz CT molecular complexity index is 1320. The first-order valence-electron chi connectivity index (χ1n) is 14.7. The van der Waals surface area contributed by atoms with E-state index >= 15 is 0 Å². The van der Waals surface area contributed by atoms with E-state index in [1.54, 1.807) is 39.8 Å². The van der Waals surface area contributed by atoms with Crippen LogP contribution in [0.1, 0.15) is 72.1 Å². The maximum absolute atomic E-state index is 12.7. The number of nitrogens with one attached hydrogen (secondary N) is 2. The van der Waals surface area contributed by atoms with Crippen molar-refractivity contribution >= 4 is 40.5 Å². The first-order valence-corrected chi connectivity index (χ1v) is 14.7. The molecule has 0 radical (unpaired) electrons. The molecule has 3 amide bonds. The van der Waals surface area contributed by atoms with E-state index in [2.05, 4.69) is 60.1 Å². The Labute approximate surface area is 255 Å². The zero-order valence-electron chi connectivity index (χ0n) is 26.3. The van der Waals surface area contributed by atoms with Crippen molar-refractivity contribution in [2.24, 2.45) is 17.1 Å². The molecule has 43 heavy (non-hydrogen) atoms. The SMILES string of the molecule is C=CCC(C)(C)C(=O)OC(C(=O)NC(C)C(=O)N1CCCC(C(N)=O)N1)C(C)C.C=Cc1cc2cc(CC)ccc2cn1. The van der Waals surface area contributed by atoms with E-state index in [1.165, 1.54) is 28.3 Å². The molecule has 3 unspecified atom stereocenters. The number of aryl methyl sites for hydroxylation is 1. The minimum absolute atomic E-state index is 0.284. The van der Waals surface area contributed by atoms with Crippen LogP contribution < -0.4 is 16.5 Å². The van der Waals surface area contributed by atoms with Crippen LogP contribution in [0.3, 0.4) is 0 Å². The lowest BCUT2D eigenvalue weighted by Gasteiger charge is -2.34. The molecular weight excluding hydrogens is 546 g/mol. The number of carbonyl (C=O) groups is 4. The molecule has 10 heteroatoms. The number of allylic oxidation sites excluding steroid dienone is 1. The van der Waals surface area contributed by atoms with E-state index in [4.69, 9.17) is 10.5 Å². The molecule has 2 heterocycles. The predicted molar refractivity (Wildman–Crippen MR) is 169 cm³/mol.